The first-order valence-corrected chi connectivity index (χ1v) is 21.3. The van der Waals surface area contributed by atoms with Gasteiger partial charge in [0, 0.05) is 48.9 Å². The fourth-order valence-corrected chi connectivity index (χ4v) is 8.06. The number of hydrogen-bond donors (Lipinski definition) is 4. The molecule has 0 radical (unpaired) electrons. The van der Waals surface area contributed by atoms with Crippen LogP contribution in [0.1, 0.15) is 108 Å². The number of pyridine rings is 2. The van der Waals surface area contributed by atoms with Gasteiger partial charge in [-0.3, -0.25) is 28.8 Å². The van der Waals surface area contributed by atoms with Gasteiger partial charge in [0.05, 0.1) is 23.6 Å². The second-order valence-corrected chi connectivity index (χ2v) is 16.9. The minimum absolute atomic E-state index is 0.0639. The molecule has 312 valence electrons. The fraction of sp³-hybridized carbons (Fsp3) is 0.478. The quantitative estimate of drug-likeness (QED) is 0.0764. The van der Waals surface area contributed by atoms with Crippen molar-refractivity contribution in [2.24, 2.45) is 23.5 Å². The third-order valence-electron chi connectivity index (χ3n) is 11.1. The van der Waals surface area contributed by atoms with Crippen LogP contribution in [0.2, 0.25) is 0 Å². The number of benzene rings is 1. The zero-order valence-electron chi connectivity index (χ0n) is 34.9. The van der Waals surface area contributed by atoms with E-state index in [1.165, 1.54) is 6.42 Å². The number of fused-ring (bicyclic) bond motifs is 1. The number of nitrogens with two attached hydrogens (primary N) is 1. The van der Waals surface area contributed by atoms with Crippen LogP contribution in [0.3, 0.4) is 0 Å². The number of amides is 3. The van der Waals surface area contributed by atoms with Gasteiger partial charge in [-0.05, 0) is 67.2 Å². The molecule has 0 saturated heterocycles. The van der Waals surface area contributed by atoms with Gasteiger partial charge in [-0.25, -0.2) is 4.98 Å². The molecule has 5 N–H and O–H groups in total. The summed E-state index contributed by atoms with van der Waals surface area (Å²) >= 11 is 0. The second kappa shape index (κ2) is 20.9. The topological polar surface area (TPSA) is 182 Å². The zero-order valence-corrected chi connectivity index (χ0v) is 34.9. The molecule has 4 heterocycles. The summed E-state index contributed by atoms with van der Waals surface area (Å²) in [6.07, 6.45) is 14.6. The van der Waals surface area contributed by atoms with Crippen LogP contribution in [-0.4, -0.2) is 65.4 Å². The van der Waals surface area contributed by atoms with E-state index in [1.54, 1.807) is 18.6 Å². The number of aromatic nitrogens is 6. The number of nitrogens with one attached hydrogen (secondary N) is 3. The molecule has 1 fully saturated rings. The molecule has 2 unspecified atom stereocenters. The molecule has 0 bridgehead atoms. The summed E-state index contributed by atoms with van der Waals surface area (Å²) in [7, 11) is 0. The average Bonchev–Trinajstić information content (AvgIpc) is 3.66. The summed E-state index contributed by atoms with van der Waals surface area (Å²) < 4.78 is 1.92. The van der Waals surface area contributed by atoms with Gasteiger partial charge < -0.3 is 21.7 Å². The van der Waals surface area contributed by atoms with E-state index >= 15 is 0 Å². The second-order valence-electron chi connectivity index (χ2n) is 16.9. The summed E-state index contributed by atoms with van der Waals surface area (Å²) in [4.78, 5) is 55.6. The van der Waals surface area contributed by atoms with Crippen LogP contribution in [0.25, 0.3) is 16.9 Å². The van der Waals surface area contributed by atoms with Crippen LogP contribution < -0.4 is 21.7 Å². The summed E-state index contributed by atoms with van der Waals surface area (Å²) in [5, 5.41) is 18.5. The Hall–Kier alpha value is -5.56. The largest absolute Gasteiger partial charge is 0.351 e. The molecule has 0 spiro atoms. The van der Waals surface area contributed by atoms with E-state index in [9.17, 15) is 14.4 Å². The molecule has 59 heavy (non-hydrogen) atoms. The molecule has 6 rings (SSSR count). The van der Waals surface area contributed by atoms with Gasteiger partial charge >= 0.3 is 0 Å². The minimum Gasteiger partial charge on any atom is -0.351 e. The maximum Gasteiger partial charge on any atom is 0.242 e. The summed E-state index contributed by atoms with van der Waals surface area (Å²) in [6.45, 7) is 8.56. The monoisotopic (exact) mass is 800 g/mol. The van der Waals surface area contributed by atoms with E-state index < -0.39 is 24.0 Å². The lowest BCUT2D eigenvalue weighted by molar-refractivity contribution is -0.130. The van der Waals surface area contributed by atoms with Crippen molar-refractivity contribution in [2.75, 3.05) is 0 Å². The third kappa shape index (κ3) is 12.2. The SMILES string of the molecule is CC(C)Cc1nc(-c2ccccc2)cn2c([C@H](Cc3cccnc3)C(=O)N[C@@H](CC3CCCCC3)C(N)CC(=O)NC(CC(C)C)C(=O)NCc3ccccn3)nnc12. The Bertz CT molecular complexity index is 2100. The van der Waals surface area contributed by atoms with Gasteiger partial charge in [0.1, 0.15) is 17.8 Å². The van der Waals surface area contributed by atoms with Crippen LogP contribution in [-0.2, 0) is 33.8 Å². The number of nitrogens with zero attached hydrogens (tertiary/aromatic N) is 6. The highest BCUT2D eigenvalue weighted by Gasteiger charge is 2.33. The molecule has 4 aromatic heterocycles. The predicted molar refractivity (Wildman–Crippen MR) is 229 cm³/mol. The van der Waals surface area contributed by atoms with Crippen LogP contribution in [0.15, 0.2) is 85.5 Å². The summed E-state index contributed by atoms with van der Waals surface area (Å²) in [5.74, 6) is -0.325. The van der Waals surface area contributed by atoms with E-state index in [0.717, 1.165) is 53.9 Å². The van der Waals surface area contributed by atoms with Crippen molar-refractivity contribution in [3.05, 3.63) is 108 Å². The van der Waals surface area contributed by atoms with Crippen LogP contribution in [0, 0.1) is 17.8 Å². The molecule has 3 amide bonds. The normalized spacial score (nSPS) is 15.4. The summed E-state index contributed by atoms with van der Waals surface area (Å²) in [6, 6.07) is 17.3. The standard InChI is InChI=1S/C46H60N10O3/c1-30(2)22-39-44-55-54-43(56(44)29-41(51-39)34-17-9-6-10-18-34)36(24-33-16-13-20-48-27-33)45(58)53-38(25-32-14-7-5-8-15-32)37(47)26-42(57)52-40(23-31(3)4)46(59)50-28-35-19-11-12-21-49-35/h6,9-13,16-21,27,29-32,36-38,40H,5,7-8,14-15,22-26,28,47H2,1-4H3,(H,50,59)(H,52,57)(H,53,58)/t36-,37?,38-,40?/m0/s1. The Labute approximate surface area is 347 Å². The first-order valence-electron chi connectivity index (χ1n) is 21.3. The molecule has 0 aliphatic heterocycles. The lowest BCUT2D eigenvalue weighted by Gasteiger charge is -2.32. The van der Waals surface area contributed by atoms with Crippen molar-refractivity contribution in [1.29, 1.82) is 0 Å². The van der Waals surface area contributed by atoms with Crippen LogP contribution in [0.5, 0.6) is 0 Å². The van der Waals surface area contributed by atoms with E-state index in [2.05, 4.69) is 44.9 Å². The highest BCUT2D eigenvalue weighted by atomic mass is 16.2. The maximum absolute atomic E-state index is 14.9. The molecule has 1 aromatic carbocycles. The molecule has 1 saturated carbocycles. The van der Waals surface area contributed by atoms with Crippen LogP contribution >= 0.6 is 0 Å². The molecule has 13 nitrogen and oxygen atoms in total. The Morgan fingerprint density at radius 3 is 2.32 bits per heavy atom. The average molecular weight is 801 g/mol. The van der Waals surface area contributed by atoms with Gasteiger partial charge in [-0.15, -0.1) is 10.2 Å². The highest BCUT2D eigenvalue weighted by Crippen LogP contribution is 2.30. The lowest BCUT2D eigenvalue weighted by Crippen LogP contribution is -2.53. The maximum atomic E-state index is 14.9. The van der Waals surface area contributed by atoms with Crippen LogP contribution in [0.4, 0.5) is 0 Å². The van der Waals surface area contributed by atoms with Crippen molar-refractivity contribution in [3.63, 3.8) is 0 Å². The molecule has 4 atom stereocenters. The van der Waals surface area contributed by atoms with Crippen molar-refractivity contribution in [1.82, 2.24) is 45.5 Å². The van der Waals surface area contributed by atoms with E-state index in [4.69, 9.17) is 15.8 Å². The number of rotatable bonds is 19. The van der Waals surface area contributed by atoms with E-state index in [1.807, 2.05) is 85.1 Å². The molecular weight excluding hydrogens is 741 g/mol. The number of carbonyl (C=O) groups excluding carboxylic acids is 3. The van der Waals surface area contributed by atoms with Gasteiger partial charge in [0.25, 0.3) is 0 Å². The Kier molecular flexibility index (Phi) is 15.3. The Balaban J connectivity index is 1.27. The number of hydrogen-bond acceptors (Lipinski definition) is 9. The zero-order chi connectivity index (χ0) is 41.7. The van der Waals surface area contributed by atoms with Crippen molar-refractivity contribution >= 4 is 23.4 Å². The van der Waals surface area contributed by atoms with Crippen molar-refractivity contribution in [3.8, 4) is 11.3 Å². The third-order valence-corrected chi connectivity index (χ3v) is 11.1. The highest BCUT2D eigenvalue weighted by molar-refractivity contribution is 5.88. The minimum atomic E-state index is -0.764. The van der Waals surface area contributed by atoms with Crippen molar-refractivity contribution < 1.29 is 14.4 Å². The lowest BCUT2D eigenvalue weighted by atomic mass is 9.82. The Morgan fingerprint density at radius 2 is 1.63 bits per heavy atom. The first-order chi connectivity index (χ1) is 28.5. The van der Waals surface area contributed by atoms with E-state index in [-0.39, 0.29) is 36.6 Å². The molecule has 5 aromatic rings. The smallest absolute Gasteiger partial charge is 0.242 e. The fourth-order valence-electron chi connectivity index (χ4n) is 8.06. The molecule has 1 aliphatic rings. The molecular formula is C46H60N10O3. The van der Waals surface area contributed by atoms with E-state index in [0.29, 0.717) is 49.0 Å². The van der Waals surface area contributed by atoms with Crippen molar-refractivity contribution in [2.45, 2.75) is 122 Å². The van der Waals surface area contributed by atoms with Gasteiger partial charge in [-0.1, -0.05) is 102 Å². The predicted octanol–water partition coefficient (Wildman–Crippen LogP) is 6.13. The van der Waals surface area contributed by atoms with Gasteiger partial charge in [0.15, 0.2) is 5.65 Å². The molecule has 13 heteroatoms. The van der Waals surface area contributed by atoms with Gasteiger partial charge in [0.2, 0.25) is 17.7 Å². The Morgan fingerprint density at radius 1 is 0.847 bits per heavy atom. The molecule has 1 aliphatic carbocycles. The number of carbonyl (C=O) groups is 3. The summed E-state index contributed by atoms with van der Waals surface area (Å²) in [5.41, 5.74) is 11.7. The van der Waals surface area contributed by atoms with Gasteiger partial charge in [-0.2, -0.15) is 0 Å². The first kappa shape index (κ1) is 43.0.